The number of urea groups is 1. The van der Waals surface area contributed by atoms with E-state index in [1.807, 2.05) is 0 Å². The molecular weight excluding hydrogens is 355 g/mol. The topological polar surface area (TPSA) is 38.8 Å². The van der Waals surface area contributed by atoms with E-state index >= 15 is 0 Å². The standard InChI is InChI=1S/C22H27FN4O/c23-21-6-2-1-5-18(21)17-24-22(28)27-15-13-26(14-16-27)20-9-7-19(8-10-20)25-11-3-4-12-25/h1-2,5-10H,3-4,11-17H2,(H,24,28). The van der Waals surface area contributed by atoms with Gasteiger partial charge in [0.15, 0.2) is 0 Å². The largest absolute Gasteiger partial charge is 0.372 e. The number of halogens is 1. The molecule has 2 amide bonds. The maximum Gasteiger partial charge on any atom is 0.317 e. The van der Waals surface area contributed by atoms with E-state index < -0.39 is 0 Å². The van der Waals surface area contributed by atoms with Crippen molar-refractivity contribution in [2.24, 2.45) is 0 Å². The third-order valence-corrected chi connectivity index (χ3v) is 5.64. The molecule has 0 aromatic heterocycles. The zero-order chi connectivity index (χ0) is 19.3. The van der Waals surface area contributed by atoms with Crippen LogP contribution in [0.3, 0.4) is 0 Å². The van der Waals surface area contributed by atoms with E-state index in [0.29, 0.717) is 18.7 Å². The van der Waals surface area contributed by atoms with Crippen molar-refractivity contribution in [1.29, 1.82) is 0 Å². The Labute approximate surface area is 165 Å². The lowest BCUT2D eigenvalue weighted by Gasteiger charge is -2.36. The average molecular weight is 382 g/mol. The highest BCUT2D eigenvalue weighted by Crippen LogP contribution is 2.24. The number of nitrogens with one attached hydrogen (secondary N) is 1. The molecule has 1 N–H and O–H groups in total. The fourth-order valence-corrected chi connectivity index (χ4v) is 3.94. The quantitative estimate of drug-likeness (QED) is 0.880. The number of rotatable bonds is 4. The van der Waals surface area contributed by atoms with Crippen LogP contribution in [0, 0.1) is 5.82 Å². The van der Waals surface area contributed by atoms with Crippen LogP contribution in [-0.4, -0.2) is 50.2 Å². The maximum absolute atomic E-state index is 13.7. The highest BCUT2D eigenvalue weighted by Gasteiger charge is 2.21. The molecule has 0 aliphatic carbocycles. The number of carbonyl (C=O) groups excluding carboxylic acids is 1. The Morgan fingerprint density at radius 2 is 1.39 bits per heavy atom. The molecule has 2 fully saturated rings. The van der Waals surface area contributed by atoms with Crippen LogP contribution in [0.1, 0.15) is 18.4 Å². The number of hydrogen-bond donors (Lipinski definition) is 1. The minimum absolute atomic E-state index is 0.132. The minimum Gasteiger partial charge on any atom is -0.372 e. The van der Waals surface area contributed by atoms with Gasteiger partial charge in [0.05, 0.1) is 0 Å². The molecule has 0 unspecified atom stereocenters. The molecule has 2 heterocycles. The molecule has 0 bridgehead atoms. The van der Waals surface area contributed by atoms with Crippen LogP contribution in [0.4, 0.5) is 20.6 Å². The normalized spacial score (nSPS) is 17.1. The van der Waals surface area contributed by atoms with Crippen molar-refractivity contribution in [3.63, 3.8) is 0 Å². The molecule has 0 atom stereocenters. The highest BCUT2D eigenvalue weighted by molar-refractivity contribution is 5.74. The summed E-state index contributed by atoms with van der Waals surface area (Å²) in [5.41, 5.74) is 3.01. The van der Waals surface area contributed by atoms with Crippen molar-refractivity contribution < 1.29 is 9.18 Å². The number of benzene rings is 2. The van der Waals surface area contributed by atoms with Crippen LogP contribution in [0.5, 0.6) is 0 Å². The van der Waals surface area contributed by atoms with Crippen molar-refractivity contribution in [3.05, 3.63) is 59.9 Å². The fraction of sp³-hybridized carbons (Fsp3) is 0.409. The number of anilines is 2. The third kappa shape index (κ3) is 4.21. The minimum atomic E-state index is -0.287. The van der Waals surface area contributed by atoms with Gasteiger partial charge in [-0.15, -0.1) is 0 Å². The summed E-state index contributed by atoms with van der Waals surface area (Å²) in [7, 11) is 0. The van der Waals surface area contributed by atoms with Gasteiger partial charge >= 0.3 is 6.03 Å². The van der Waals surface area contributed by atoms with E-state index in [-0.39, 0.29) is 18.4 Å². The number of piperazine rings is 1. The summed E-state index contributed by atoms with van der Waals surface area (Å²) >= 11 is 0. The maximum atomic E-state index is 13.7. The summed E-state index contributed by atoms with van der Waals surface area (Å²) in [6.07, 6.45) is 2.56. The van der Waals surface area contributed by atoms with E-state index in [0.717, 1.165) is 26.2 Å². The number of amides is 2. The lowest BCUT2D eigenvalue weighted by atomic mass is 10.2. The van der Waals surface area contributed by atoms with Gasteiger partial charge in [0.2, 0.25) is 0 Å². The Balaban J connectivity index is 1.27. The molecule has 0 saturated carbocycles. The molecule has 0 radical (unpaired) electrons. The van der Waals surface area contributed by atoms with Gasteiger partial charge in [-0.1, -0.05) is 18.2 Å². The van der Waals surface area contributed by atoms with Gasteiger partial charge in [-0.05, 0) is 43.2 Å². The zero-order valence-corrected chi connectivity index (χ0v) is 16.1. The van der Waals surface area contributed by atoms with Crippen LogP contribution >= 0.6 is 0 Å². The molecule has 2 aromatic rings. The van der Waals surface area contributed by atoms with E-state index in [1.54, 1.807) is 23.1 Å². The van der Waals surface area contributed by atoms with Crippen molar-refractivity contribution in [2.75, 3.05) is 49.1 Å². The zero-order valence-electron chi connectivity index (χ0n) is 16.1. The Morgan fingerprint density at radius 3 is 2.00 bits per heavy atom. The molecule has 4 rings (SSSR count). The first-order valence-electron chi connectivity index (χ1n) is 10.1. The average Bonchev–Trinajstić information content (AvgIpc) is 3.28. The van der Waals surface area contributed by atoms with Crippen LogP contribution in [-0.2, 0) is 6.54 Å². The second kappa shape index (κ2) is 8.50. The van der Waals surface area contributed by atoms with Gasteiger partial charge in [0.1, 0.15) is 5.82 Å². The summed E-state index contributed by atoms with van der Waals surface area (Å²) < 4.78 is 13.7. The molecule has 28 heavy (non-hydrogen) atoms. The van der Waals surface area contributed by atoms with E-state index in [9.17, 15) is 9.18 Å². The Bertz CT molecular complexity index is 796. The van der Waals surface area contributed by atoms with Crippen molar-refractivity contribution in [2.45, 2.75) is 19.4 Å². The first kappa shape index (κ1) is 18.6. The van der Waals surface area contributed by atoms with Gasteiger partial charge in [-0.3, -0.25) is 0 Å². The van der Waals surface area contributed by atoms with Crippen LogP contribution < -0.4 is 15.1 Å². The lowest BCUT2D eigenvalue weighted by Crippen LogP contribution is -2.51. The Hall–Kier alpha value is -2.76. The first-order chi connectivity index (χ1) is 13.7. The van der Waals surface area contributed by atoms with Gasteiger partial charge < -0.3 is 20.0 Å². The van der Waals surface area contributed by atoms with E-state index in [1.165, 1.54) is 30.3 Å². The van der Waals surface area contributed by atoms with E-state index in [4.69, 9.17) is 0 Å². The van der Waals surface area contributed by atoms with Gasteiger partial charge in [-0.2, -0.15) is 0 Å². The second-order valence-electron chi connectivity index (χ2n) is 7.43. The van der Waals surface area contributed by atoms with E-state index in [2.05, 4.69) is 39.4 Å². The Morgan fingerprint density at radius 1 is 0.821 bits per heavy atom. The molecule has 2 aromatic carbocycles. The molecular formula is C22H27FN4O. The fourth-order valence-electron chi connectivity index (χ4n) is 3.94. The summed E-state index contributed by atoms with van der Waals surface area (Å²) in [5, 5.41) is 2.83. The van der Waals surface area contributed by atoms with Crippen LogP contribution in [0.2, 0.25) is 0 Å². The molecule has 5 nitrogen and oxygen atoms in total. The monoisotopic (exact) mass is 382 g/mol. The first-order valence-corrected chi connectivity index (χ1v) is 10.1. The highest BCUT2D eigenvalue weighted by atomic mass is 19.1. The third-order valence-electron chi connectivity index (χ3n) is 5.64. The van der Waals surface area contributed by atoms with Gasteiger partial charge in [0.25, 0.3) is 0 Å². The smallest absolute Gasteiger partial charge is 0.317 e. The summed E-state index contributed by atoms with van der Waals surface area (Å²) in [6.45, 7) is 5.45. The second-order valence-corrected chi connectivity index (χ2v) is 7.43. The molecule has 148 valence electrons. The summed E-state index contributed by atoms with van der Waals surface area (Å²) in [6, 6.07) is 15.2. The molecule has 0 spiro atoms. The van der Waals surface area contributed by atoms with Crippen molar-refractivity contribution >= 4 is 17.4 Å². The van der Waals surface area contributed by atoms with Crippen LogP contribution in [0.25, 0.3) is 0 Å². The molecule has 2 saturated heterocycles. The number of carbonyl (C=O) groups is 1. The van der Waals surface area contributed by atoms with Gasteiger partial charge in [0, 0.05) is 62.8 Å². The lowest BCUT2D eigenvalue weighted by molar-refractivity contribution is 0.194. The van der Waals surface area contributed by atoms with Crippen molar-refractivity contribution in [1.82, 2.24) is 10.2 Å². The van der Waals surface area contributed by atoms with Crippen LogP contribution in [0.15, 0.2) is 48.5 Å². The predicted octanol–water partition coefficient (Wildman–Crippen LogP) is 3.46. The molecule has 2 aliphatic rings. The molecule has 2 aliphatic heterocycles. The number of hydrogen-bond acceptors (Lipinski definition) is 3. The van der Waals surface area contributed by atoms with Gasteiger partial charge in [-0.25, -0.2) is 9.18 Å². The summed E-state index contributed by atoms with van der Waals surface area (Å²) in [5.74, 6) is -0.287. The Kier molecular flexibility index (Phi) is 5.65. The number of nitrogens with zero attached hydrogens (tertiary/aromatic N) is 3. The van der Waals surface area contributed by atoms with Crippen molar-refractivity contribution in [3.8, 4) is 0 Å². The SMILES string of the molecule is O=C(NCc1ccccc1F)N1CCN(c2ccc(N3CCCC3)cc2)CC1. The summed E-state index contributed by atoms with van der Waals surface area (Å²) in [4.78, 5) is 18.9. The molecule has 6 heteroatoms. The predicted molar refractivity (Wildman–Crippen MR) is 110 cm³/mol.